The van der Waals surface area contributed by atoms with Crippen LogP contribution in [0.15, 0.2) is 6.20 Å². The molecule has 0 unspecified atom stereocenters. The van der Waals surface area contributed by atoms with E-state index in [1.54, 1.807) is 6.20 Å². The van der Waals surface area contributed by atoms with Gasteiger partial charge < -0.3 is 10.0 Å². The molecular weight excluding hydrogens is 254 g/mol. The van der Waals surface area contributed by atoms with Crippen LogP contribution < -0.4 is 4.90 Å². The fourth-order valence-corrected chi connectivity index (χ4v) is 2.53. The summed E-state index contributed by atoms with van der Waals surface area (Å²) in [6.45, 7) is 2.01. The Bertz CT molecular complexity index is 549. The molecule has 0 amide bonds. The van der Waals surface area contributed by atoms with Gasteiger partial charge in [-0.1, -0.05) is 0 Å². The highest BCUT2D eigenvalue weighted by Gasteiger charge is 2.22. The Morgan fingerprint density at radius 3 is 2.89 bits per heavy atom. The molecule has 0 bridgehead atoms. The maximum Gasteiger partial charge on any atom is 0.226 e. The first-order valence-electron chi connectivity index (χ1n) is 6.00. The van der Waals surface area contributed by atoms with Crippen LogP contribution in [0.25, 0.3) is 11.0 Å². The molecule has 7 heteroatoms. The summed E-state index contributed by atoms with van der Waals surface area (Å²) in [5, 5.41) is 17.1. The van der Waals surface area contributed by atoms with Gasteiger partial charge in [-0.15, -0.1) is 0 Å². The van der Waals surface area contributed by atoms with Crippen molar-refractivity contribution in [3.63, 3.8) is 0 Å². The Balaban J connectivity index is 1.92. The van der Waals surface area contributed by atoms with Gasteiger partial charge in [0, 0.05) is 19.7 Å². The van der Waals surface area contributed by atoms with Crippen molar-refractivity contribution in [1.29, 1.82) is 0 Å². The zero-order valence-electron chi connectivity index (χ0n) is 9.80. The predicted molar refractivity (Wildman–Crippen MR) is 68.7 cm³/mol. The van der Waals surface area contributed by atoms with Crippen molar-refractivity contribution >= 4 is 28.5 Å². The first kappa shape index (κ1) is 11.7. The minimum absolute atomic E-state index is 0.228. The molecule has 0 aliphatic carbocycles. The number of rotatable bonds is 2. The number of aliphatic hydroxyl groups is 1. The lowest BCUT2D eigenvalue weighted by Crippen LogP contribution is -2.35. The number of piperidine rings is 1. The smallest absolute Gasteiger partial charge is 0.226 e. The Morgan fingerprint density at radius 2 is 2.17 bits per heavy atom. The summed E-state index contributed by atoms with van der Waals surface area (Å²) in [5.41, 5.74) is 0.661. The Morgan fingerprint density at radius 1 is 1.39 bits per heavy atom. The Hall–Kier alpha value is -1.40. The van der Waals surface area contributed by atoms with Crippen molar-refractivity contribution in [1.82, 2.24) is 20.2 Å². The van der Waals surface area contributed by atoms with Gasteiger partial charge in [0.05, 0.1) is 11.6 Å². The monoisotopic (exact) mass is 267 g/mol. The van der Waals surface area contributed by atoms with Crippen molar-refractivity contribution < 1.29 is 5.11 Å². The molecular formula is C11H14ClN5O. The van der Waals surface area contributed by atoms with Crippen LogP contribution in [-0.2, 0) is 0 Å². The quantitative estimate of drug-likeness (QED) is 0.800. The van der Waals surface area contributed by atoms with Gasteiger partial charge in [0.1, 0.15) is 5.82 Å². The second-order valence-electron chi connectivity index (χ2n) is 4.56. The van der Waals surface area contributed by atoms with Gasteiger partial charge in [-0.25, -0.2) is 0 Å². The molecule has 0 atom stereocenters. The fraction of sp³-hybridized carbons (Fsp3) is 0.545. The standard InChI is InChI=1S/C11H14ClN5O/c12-11-14-9-8(5-13-16-9)10(15-11)17-3-1-7(6-18)2-4-17/h5,7,18H,1-4,6H2,(H,13,14,15,16). The minimum Gasteiger partial charge on any atom is -0.396 e. The van der Waals surface area contributed by atoms with Crippen molar-refractivity contribution in [2.24, 2.45) is 5.92 Å². The van der Waals surface area contributed by atoms with Gasteiger partial charge >= 0.3 is 0 Å². The zero-order valence-corrected chi connectivity index (χ0v) is 10.6. The molecule has 1 aliphatic rings. The van der Waals surface area contributed by atoms with Crippen LogP contribution in [0.5, 0.6) is 0 Å². The summed E-state index contributed by atoms with van der Waals surface area (Å²) in [6, 6.07) is 0. The fourth-order valence-electron chi connectivity index (χ4n) is 2.36. The first-order valence-corrected chi connectivity index (χ1v) is 6.38. The molecule has 3 heterocycles. The molecule has 96 valence electrons. The second kappa shape index (κ2) is 4.70. The van der Waals surface area contributed by atoms with Crippen molar-refractivity contribution in [3.8, 4) is 0 Å². The van der Waals surface area contributed by atoms with E-state index in [9.17, 15) is 0 Å². The topological polar surface area (TPSA) is 77.9 Å². The highest BCUT2D eigenvalue weighted by Crippen LogP contribution is 2.27. The van der Waals surface area contributed by atoms with Crippen molar-refractivity contribution in [3.05, 3.63) is 11.5 Å². The number of nitrogens with zero attached hydrogens (tertiary/aromatic N) is 4. The molecule has 1 saturated heterocycles. The van der Waals surface area contributed by atoms with Crippen LogP contribution in [0, 0.1) is 5.92 Å². The van der Waals surface area contributed by atoms with Crippen LogP contribution in [0.1, 0.15) is 12.8 Å². The van der Waals surface area contributed by atoms with Crippen LogP contribution >= 0.6 is 11.6 Å². The van der Waals surface area contributed by atoms with E-state index in [1.807, 2.05) is 0 Å². The molecule has 0 saturated carbocycles. The SMILES string of the molecule is OCC1CCN(c2nc(Cl)nc3[nH]ncc23)CC1. The summed E-state index contributed by atoms with van der Waals surface area (Å²) >= 11 is 5.92. The van der Waals surface area contributed by atoms with Gasteiger partial charge in [-0.2, -0.15) is 15.1 Å². The molecule has 1 fully saturated rings. The van der Waals surface area contributed by atoms with E-state index >= 15 is 0 Å². The van der Waals surface area contributed by atoms with E-state index in [0.717, 1.165) is 37.1 Å². The minimum atomic E-state index is 0.228. The van der Waals surface area contributed by atoms with Crippen molar-refractivity contribution in [2.75, 3.05) is 24.6 Å². The number of fused-ring (bicyclic) bond motifs is 1. The number of halogens is 1. The average molecular weight is 268 g/mol. The molecule has 2 aromatic heterocycles. The number of aromatic amines is 1. The number of hydrogen-bond acceptors (Lipinski definition) is 5. The molecule has 3 rings (SSSR count). The summed E-state index contributed by atoms with van der Waals surface area (Å²) in [7, 11) is 0. The molecule has 2 N–H and O–H groups in total. The van der Waals surface area contributed by atoms with Crippen LogP contribution in [0.3, 0.4) is 0 Å². The van der Waals surface area contributed by atoms with Gasteiger partial charge in [0.15, 0.2) is 5.65 Å². The Labute approximate surface area is 109 Å². The van der Waals surface area contributed by atoms with Gasteiger partial charge in [-0.05, 0) is 30.4 Å². The van der Waals surface area contributed by atoms with Crippen LogP contribution in [-0.4, -0.2) is 45.0 Å². The number of anilines is 1. The van der Waals surface area contributed by atoms with Gasteiger partial charge in [0.25, 0.3) is 0 Å². The van der Waals surface area contributed by atoms with E-state index < -0.39 is 0 Å². The number of nitrogens with one attached hydrogen (secondary N) is 1. The number of aliphatic hydroxyl groups excluding tert-OH is 1. The predicted octanol–water partition coefficient (Wildman–Crippen LogP) is 1.21. The Kier molecular flexibility index (Phi) is 3.05. The van der Waals surface area contributed by atoms with E-state index in [2.05, 4.69) is 25.1 Å². The lowest BCUT2D eigenvalue weighted by Gasteiger charge is -2.32. The van der Waals surface area contributed by atoms with Crippen molar-refractivity contribution in [2.45, 2.75) is 12.8 Å². The summed E-state index contributed by atoms with van der Waals surface area (Å²) in [5.74, 6) is 1.23. The van der Waals surface area contributed by atoms with E-state index in [1.165, 1.54) is 0 Å². The lowest BCUT2D eigenvalue weighted by atomic mass is 9.98. The number of H-pyrrole nitrogens is 1. The molecule has 0 spiro atoms. The molecule has 6 nitrogen and oxygen atoms in total. The molecule has 18 heavy (non-hydrogen) atoms. The largest absolute Gasteiger partial charge is 0.396 e. The second-order valence-corrected chi connectivity index (χ2v) is 4.90. The van der Waals surface area contributed by atoms with Gasteiger partial charge in [-0.3, -0.25) is 5.10 Å². The third kappa shape index (κ3) is 2.02. The zero-order chi connectivity index (χ0) is 12.5. The number of hydrogen-bond donors (Lipinski definition) is 2. The lowest BCUT2D eigenvalue weighted by molar-refractivity contribution is 0.203. The summed E-state index contributed by atoms with van der Waals surface area (Å²) < 4.78 is 0. The molecule has 0 aromatic carbocycles. The maximum absolute atomic E-state index is 9.15. The van der Waals surface area contributed by atoms with Gasteiger partial charge in [0.2, 0.25) is 5.28 Å². The van der Waals surface area contributed by atoms with E-state index in [0.29, 0.717) is 11.6 Å². The third-order valence-electron chi connectivity index (χ3n) is 3.43. The summed E-state index contributed by atoms with van der Waals surface area (Å²) in [4.78, 5) is 10.6. The van der Waals surface area contributed by atoms with E-state index in [-0.39, 0.29) is 11.9 Å². The highest BCUT2D eigenvalue weighted by molar-refractivity contribution is 6.28. The van der Waals surface area contributed by atoms with Crippen LogP contribution in [0.4, 0.5) is 5.82 Å². The molecule has 1 aliphatic heterocycles. The van der Waals surface area contributed by atoms with E-state index in [4.69, 9.17) is 16.7 Å². The third-order valence-corrected chi connectivity index (χ3v) is 3.60. The molecule has 0 radical (unpaired) electrons. The highest BCUT2D eigenvalue weighted by atomic mass is 35.5. The first-order chi connectivity index (χ1) is 8.78. The summed E-state index contributed by atoms with van der Waals surface area (Å²) in [6.07, 6.45) is 3.66. The average Bonchev–Trinajstić information content (AvgIpc) is 2.86. The normalized spacial score (nSPS) is 17.6. The van der Waals surface area contributed by atoms with Crippen LogP contribution in [0.2, 0.25) is 5.28 Å². The number of aromatic nitrogens is 4. The maximum atomic E-state index is 9.15. The molecule has 2 aromatic rings.